The van der Waals surface area contributed by atoms with Gasteiger partial charge in [-0.15, -0.1) is 0 Å². The highest BCUT2D eigenvalue weighted by Crippen LogP contribution is 2.36. The summed E-state index contributed by atoms with van der Waals surface area (Å²) in [7, 11) is 0. The molecule has 0 amide bonds. The fourth-order valence-corrected chi connectivity index (χ4v) is 2.70. The Morgan fingerprint density at radius 3 is 3.00 bits per heavy atom. The lowest BCUT2D eigenvalue weighted by molar-refractivity contribution is 0.0143. The molecule has 1 unspecified atom stereocenters. The summed E-state index contributed by atoms with van der Waals surface area (Å²) in [5, 5.41) is 10.7. The third-order valence-electron chi connectivity index (χ3n) is 3.77. The molecule has 1 aromatic rings. The van der Waals surface area contributed by atoms with Crippen LogP contribution in [0.2, 0.25) is 0 Å². The van der Waals surface area contributed by atoms with Gasteiger partial charge in [0.05, 0.1) is 12.2 Å². The van der Waals surface area contributed by atoms with E-state index in [0.717, 1.165) is 43.8 Å². The third-order valence-corrected chi connectivity index (χ3v) is 3.77. The molecule has 0 aliphatic carbocycles. The second-order valence-electron chi connectivity index (χ2n) is 4.92. The lowest BCUT2D eigenvalue weighted by Gasteiger charge is -2.27. The lowest BCUT2D eigenvalue weighted by atomic mass is 9.86. The summed E-state index contributed by atoms with van der Waals surface area (Å²) in [6, 6.07) is 6.09. The molecule has 3 nitrogen and oxygen atoms in total. The number of fused-ring (bicyclic) bond motifs is 1. The maximum Gasteiger partial charge on any atom is 0.122 e. The molecule has 0 aromatic heterocycles. The summed E-state index contributed by atoms with van der Waals surface area (Å²) in [5.74, 6) is 0.974. The minimum absolute atomic E-state index is 0.643. The van der Waals surface area contributed by atoms with E-state index in [0.29, 0.717) is 13.0 Å². The summed E-state index contributed by atoms with van der Waals surface area (Å²) < 4.78 is 10.9. The topological polar surface area (TPSA) is 38.7 Å². The Balaban J connectivity index is 1.91. The molecular formula is C14H18O3. The first-order valence-corrected chi connectivity index (χ1v) is 6.34. The molecule has 92 valence electrons. The van der Waals surface area contributed by atoms with Gasteiger partial charge in [0, 0.05) is 26.1 Å². The Morgan fingerprint density at radius 2 is 2.06 bits per heavy atom. The number of rotatable bonds is 1. The number of ether oxygens (including phenoxy) is 2. The standard InChI is InChI=1S/C14H18O3/c15-14(5-1-7-16-9-6-14)12-2-3-13-11(10-12)4-8-17-13/h2-3,10,15H,1,4-9H2. The van der Waals surface area contributed by atoms with Gasteiger partial charge >= 0.3 is 0 Å². The highest BCUT2D eigenvalue weighted by molar-refractivity contribution is 5.41. The lowest BCUT2D eigenvalue weighted by Crippen LogP contribution is -2.26. The summed E-state index contributed by atoms with van der Waals surface area (Å²) >= 11 is 0. The van der Waals surface area contributed by atoms with Gasteiger partial charge in [0.2, 0.25) is 0 Å². The van der Waals surface area contributed by atoms with Gasteiger partial charge in [-0.05, 0) is 36.1 Å². The molecule has 1 fully saturated rings. The minimum atomic E-state index is -0.714. The van der Waals surface area contributed by atoms with Crippen LogP contribution in [0.4, 0.5) is 0 Å². The molecule has 0 spiro atoms. The van der Waals surface area contributed by atoms with Gasteiger partial charge < -0.3 is 14.6 Å². The van der Waals surface area contributed by atoms with Crippen molar-refractivity contribution in [1.29, 1.82) is 0 Å². The number of hydrogen-bond donors (Lipinski definition) is 1. The zero-order valence-corrected chi connectivity index (χ0v) is 9.95. The van der Waals surface area contributed by atoms with Gasteiger partial charge in [-0.3, -0.25) is 0 Å². The average molecular weight is 234 g/mol. The average Bonchev–Trinajstić information content (AvgIpc) is 2.70. The maximum absolute atomic E-state index is 10.7. The molecule has 2 aliphatic heterocycles. The zero-order valence-electron chi connectivity index (χ0n) is 9.95. The predicted octanol–water partition coefficient (Wildman–Crippen LogP) is 2.01. The molecule has 0 bridgehead atoms. The van der Waals surface area contributed by atoms with E-state index in [1.165, 1.54) is 5.56 Å². The van der Waals surface area contributed by atoms with Crippen molar-refractivity contribution >= 4 is 0 Å². The highest BCUT2D eigenvalue weighted by atomic mass is 16.5. The van der Waals surface area contributed by atoms with E-state index in [-0.39, 0.29) is 0 Å². The van der Waals surface area contributed by atoms with E-state index in [2.05, 4.69) is 6.07 Å². The van der Waals surface area contributed by atoms with Crippen molar-refractivity contribution < 1.29 is 14.6 Å². The maximum atomic E-state index is 10.7. The fraction of sp³-hybridized carbons (Fsp3) is 0.571. The van der Waals surface area contributed by atoms with E-state index in [1.807, 2.05) is 12.1 Å². The van der Waals surface area contributed by atoms with E-state index < -0.39 is 5.60 Å². The van der Waals surface area contributed by atoms with Gasteiger partial charge in [-0.2, -0.15) is 0 Å². The van der Waals surface area contributed by atoms with Crippen molar-refractivity contribution in [2.24, 2.45) is 0 Å². The van der Waals surface area contributed by atoms with Gasteiger partial charge in [0.25, 0.3) is 0 Å². The molecule has 2 heterocycles. The van der Waals surface area contributed by atoms with E-state index >= 15 is 0 Å². The summed E-state index contributed by atoms with van der Waals surface area (Å²) in [6.45, 7) is 2.17. The van der Waals surface area contributed by atoms with Crippen molar-refractivity contribution in [1.82, 2.24) is 0 Å². The van der Waals surface area contributed by atoms with Crippen molar-refractivity contribution in [2.75, 3.05) is 19.8 Å². The first-order chi connectivity index (χ1) is 8.28. The Hall–Kier alpha value is -1.06. The Labute approximate surface area is 101 Å². The molecule has 1 atom stereocenters. The molecule has 17 heavy (non-hydrogen) atoms. The van der Waals surface area contributed by atoms with Gasteiger partial charge in [-0.25, -0.2) is 0 Å². The molecule has 1 saturated heterocycles. The summed E-state index contributed by atoms with van der Waals surface area (Å²) in [4.78, 5) is 0. The van der Waals surface area contributed by atoms with Crippen LogP contribution in [0.25, 0.3) is 0 Å². The summed E-state index contributed by atoms with van der Waals surface area (Å²) in [6.07, 6.45) is 3.35. The second kappa shape index (κ2) is 4.31. The molecule has 1 N–H and O–H groups in total. The second-order valence-corrected chi connectivity index (χ2v) is 4.92. The fourth-order valence-electron chi connectivity index (χ4n) is 2.70. The van der Waals surface area contributed by atoms with Gasteiger partial charge in [-0.1, -0.05) is 6.07 Å². The monoisotopic (exact) mass is 234 g/mol. The Morgan fingerprint density at radius 1 is 1.12 bits per heavy atom. The Bertz CT molecular complexity index is 406. The van der Waals surface area contributed by atoms with Crippen molar-refractivity contribution in [3.63, 3.8) is 0 Å². The SMILES string of the molecule is OC1(c2ccc3c(c2)CCO3)CCCOCC1. The van der Waals surface area contributed by atoms with Crippen LogP contribution in [0, 0.1) is 0 Å². The zero-order chi connectivity index (χ0) is 11.7. The van der Waals surface area contributed by atoms with Crippen molar-refractivity contribution in [3.05, 3.63) is 29.3 Å². The molecule has 0 radical (unpaired) electrons. The van der Waals surface area contributed by atoms with Gasteiger partial charge in [0.1, 0.15) is 5.75 Å². The van der Waals surface area contributed by atoms with E-state index in [9.17, 15) is 5.11 Å². The van der Waals surface area contributed by atoms with Crippen LogP contribution in [0.3, 0.4) is 0 Å². The largest absolute Gasteiger partial charge is 0.493 e. The van der Waals surface area contributed by atoms with E-state index in [4.69, 9.17) is 9.47 Å². The number of aliphatic hydroxyl groups is 1. The first kappa shape index (κ1) is 11.1. The van der Waals surface area contributed by atoms with E-state index in [1.54, 1.807) is 0 Å². The minimum Gasteiger partial charge on any atom is -0.493 e. The van der Waals surface area contributed by atoms with Crippen LogP contribution >= 0.6 is 0 Å². The molecular weight excluding hydrogens is 216 g/mol. The molecule has 1 aromatic carbocycles. The molecule has 3 heteroatoms. The van der Waals surface area contributed by atoms with Gasteiger partial charge in [0.15, 0.2) is 0 Å². The molecule has 2 aliphatic rings. The van der Waals surface area contributed by atoms with Crippen LogP contribution < -0.4 is 4.74 Å². The first-order valence-electron chi connectivity index (χ1n) is 6.34. The predicted molar refractivity (Wildman–Crippen MR) is 64.2 cm³/mol. The molecule has 0 saturated carbocycles. The van der Waals surface area contributed by atoms with Crippen LogP contribution in [-0.4, -0.2) is 24.9 Å². The normalized spacial score (nSPS) is 28.3. The Kier molecular flexibility index (Phi) is 2.81. The van der Waals surface area contributed by atoms with Crippen LogP contribution in [-0.2, 0) is 16.8 Å². The number of benzene rings is 1. The van der Waals surface area contributed by atoms with Crippen molar-refractivity contribution in [3.8, 4) is 5.75 Å². The van der Waals surface area contributed by atoms with Crippen LogP contribution in [0.15, 0.2) is 18.2 Å². The third kappa shape index (κ3) is 2.05. The summed E-state index contributed by atoms with van der Waals surface area (Å²) in [5.41, 5.74) is 1.53. The number of hydrogen-bond acceptors (Lipinski definition) is 3. The molecule has 3 rings (SSSR count). The van der Waals surface area contributed by atoms with Crippen LogP contribution in [0.1, 0.15) is 30.4 Å². The van der Waals surface area contributed by atoms with Crippen molar-refractivity contribution in [2.45, 2.75) is 31.3 Å². The smallest absolute Gasteiger partial charge is 0.122 e. The highest BCUT2D eigenvalue weighted by Gasteiger charge is 2.31. The quantitative estimate of drug-likeness (QED) is 0.808. The van der Waals surface area contributed by atoms with Crippen LogP contribution in [0.5, 0.6) is 5.75 Å².